The molecule has 1 heterocycles. The van der Waals surface area contributed by atoms with E-state index in [1.54, 1.807) is 0 Å². The number of rotatable bonds is 4. The Kier molecular flexibility index (Phi) is 3.22. The molecular weight excluding hydrogens is 214 g/mol. The summed E-state index contributed by atoms with van der Waals surface area (Å²) in [6.07, 6.45) is 2.70. The Morgan fingerprint density at radius 2 is 2.00 bits per heavy atom. The van der Waals surface area contributed by atoms with E-state index in [0.717, 1.165) is 23.0 Å². The van der Waals surface area contributed by atoms with E-state index in [1.807, 2.05) is 44.3 Å². The largest absolute Gasteiger partial charge is 0.392 e. The van der Waals surface area contributed by atoms with Crippen molar-refractivity contribution in [1.29, 1.82) is 0 Å². The highest BCUT2D eigenvalue weighted by atomic mass is 16.3. The highest BCUT2D eigenvalue weighted by Crippen LogP contribution is 2.22. The number of benzene rings is 1. The normalized spacial score (nSPS) is 12.2. The molecule has 0 unspecified atom stereocenters. The van der Waals surface area contributed by atoms with E-state index in [0.29, 0.717) is 6.42 Å². The first-order chi connectivity index (χ1) is 8.01. The molecule has 0 saturated heterocycles. The van der Waals surface area contributed by atoms with Crippen LogP contribution in [0.2, 0.25) is 0 Å². The minimum Gasteiger partial charge on any atom is -0.392 e. The Hall–Kier alpha value is -1.32. The van der Waals surface area contributed by atoms with Crippen LogP contribution in [0.1, 0.15) is 25.8 Å². The predicted octanol–water partition coefficient (Wildman–Crippen LogP) is 2.29. The Balaban J connectivity index is 2.34. The number of nitrogens with zero attached hydrogens (tertiary/aromatic N) is 1. The maximum absolute atomic E-state index is 9.75. The van der Waals surface area contributed by atoms with E-state index < -0.39 is 5.60 Å². The lowest BCUT2D eigenvalue weighted by Gasteiger charge is -2.18. The van der Waals surface area contributed by atoms with Gasteiger partial charge in [0.2, 0.25) is 0 Å². The molecule has 0 aliphatic carbocycles. The quantitative estimate of drug-likeness (QED) is 0.851. The second-order valence-corrected chi connectivity index (χ2v) is 5.08. The van der Waals surface area contributed by atoms with Crippen molar-refractivity contribution in [1.82, 2.24) is 4.57 Å². The SMILES string of the molecule is CC(C)(O)CCn1ccc2cccc(CO)c21. The third kappa shape index (κ3) is 2.68. The van der Waals surface area contributed by atoms with Gasteiger partial charge in [0, 0.05) is 18.3 Å². The van der Waals surface area contributed by atoms with Crippen molar-refractivity contribution >= 4 is 10.9 Å². The first kappa shape index (κ1) is 12.1. The summed E-state index contributed by atoms with van der Waals surface area (Å²) in [4.78, 5) is 0. The van der Waals surface area contributed by atoms with Crippen molar-refractivity contribution in [3.05, 3.63) is 36.0 Å². The number of para-hydroxylation sites is 1. The second-order valence-electron chi connectivity index (χ2n) is 5.08. The molecule has 3 heteroatoms. The molecule has 17 heavy (non-hydrogen) atoms. The summed E-state index contributed by atoms with van der Waals surface area (Å²) in [6, 6.07) is 7.96. The zero-order chi connectivity index (χ0) is 12.5. The van der Waals surface area contributed by atoms with E-state index in [9.17, 15) is 10.2 Å². The summed E-state index contributed by atoms with van der Waals surface area (Å²) in [5.41, 5.74) is 1.34. The molecule has 0 spiro atoms. The number of fused-ring (bicyclic) bond motifs is 1. The summed E-state index contributed by atoms with van der Waals surface area (Å²) in [6.45, 7) is 4.42. The Morgan fingerprint density at radius 3 is 2.65 bits per heavy atom. The number of aryl methyl sites for hydroxylation is 1. The smallest absolute Gasteiger partial charge is 0.0702 e. The molecule has 92 valence electrons. The Morgan fingerprint density at radius 1 is 1.24 bits per heavy atom. The van der Waals surface area contributed by atoms with Crippen LogP contribution >= 0.6 is 0 Å². The lowest BCUT2D eigenvalue weighted by Crippen LogP contribution is -2.20. The highest BCUT2D eigenvalue weighted by Gasteiger charge is 2.13. The minimum atomic E-state index is -0.662. The van der Waals surface area contributed by atoms with Crippen molar-refractivity contribution in [3.63, 3.8) is 0 Å². The summed E-state index contributed by atoms with van der Waals surface area (Å²) in [5.74, 6) is 0. The highest BCUT2D eigenvalue weighted by molar-refractivity contribution is 5.83. The Labute approximate surface area is 101 Å². The van der Waals surface area contributed by atoms with Gasteiger partial charge in [0.25, 0.3) is 0 Å². The van der Waals surface area contributed by atoms with E-state index in [1.165, 1.54) is 0 Å². The summed E-state index contributed by atoms with van der Waals surface area (Å²) in [7, 11) is 0. The molecule has 2 N–H and O–H groups in total. The zero-order valence-electron chi connectivity index (χ0n) is 10.3. The fourth-order valence-electron chi connectivity index (χ4n) is 2.05. The van der Waals surface area contributed by atoms with Gasteiger partial charge in [-0.25, -0.2) is 0 Å². The summed E-state index contributed by atoms with van der Waals surface area (Å²) in [5, 5.41) is 20.2. The van der Waals surface area contributed by atoms with E-state index in [4.69, 9.17) is 0 Å². The van der Waals surface area contributed by atoms with Crippen LogP contribution in [0.4, 0.5) is 0 Å². The van der Waals surface area contributed by atoms with Crippen LogP contribution in [-0.4, -0.2) is 20.4 Å². The van der Waals surface area contributed by atoms with Gasteiger partial charge in [0.15, 0.2) is 0 Å². The van der Waals surface area contributed by atoms with E-state index in [2.05, 4.69) is 4.57 Å². The predicted molar refractivity (Wildman–Crippen MR) is 68.8 cm³/mol. The van der Waals surface area contributed by atoms with Gasteiger partial charge in [-0.05, 0) is 31.7 Å². The van der Waals surface area contributed by atoms with Crippen LogP contribution in [0.25, 0.3) is 10.9 Å². The minimum absolute atomic E-state index is 0.0455. The second kappa shape index (κ2) is 4.51. The Bertz CT molecular complexity index is 508. The standard InChI is InChI=1S/C14H19NO2/c1-14(2,17)7-9-15-8-6-11-4-3-5-12(10-16)13(11)15/h3-6,8,16-17H,7,9-10H2,1-2H3. The molecule has 0 bridgehead atoms. The topological polar surface area (TPSA) is 45.4 Å². The molecule has 0 amide bonds. The lowest BCUT2D eigenvalue weighted by molar-refractivity contribution is 0.0666. The molecule has 0 aliphatic rings. The van der Waals surface area contributed by atoms with Crippen LogP contribution in [0.15, 0.2) is 30.5 Å². The van der Waals surface area contributed by atoms with E-state index >= 15 is 0 Å². The molecule has 2 aromatic rings. The molecule has 3 nitrogen and oxygen atoms in total. The van der Waals surface area contributed by atoms with Crippen LogP contribution in [0.3, 0.4) is 0 Å². The third-order valence-corrected chi connectivity index (χ3v) is 3.01. The van der Waals surface area contributed by atoms with Gasteiger partial charge in [-0.3, -0.25) is 0 Å². The van der Waals surface area contributed by atoms with Crippen LogP contribution in [0.5, 0.6) is 0 Å². The molecule has 0 radical (unpaired) electrons. The maximum atomic E-state index is 9.75. The van der Waals surface area contributed by atoms with Crippen molar-refractivity contribution in [2.75, 3.05) is 0 Å². The van der Waals surface area contributed by atoms with Crippen LogP contribution in [-0.2, 0) is 13.2 Å². The van der Waals surface area contributed by atoms with Gasteiger partial charge in [-0.15, -0.1) is 0 Å². The zero-order valence-corrected chi connectivity index (χ0v) is 10.3. The lowest BCUT2D eigenvalue weighted by atomic mass is 10.1. The molecule has 0 fully saturated rings. The first-order valence-corrected chi connectivity index (χ1v) is 5.91. The number of hydrogen-bond acceptors (Lipinski definition) is 2. The van der Waals surface area contributed by atoms with Gasteiger partial charge in [0.05, 0.1) is 17.7 Å². The fourth-order valence-corrected chi connectivity index (χ4v) is 2.05. The number of hydrogen-bond donors (Lipinski definition) is 2. The number of aromatic nitrogens is 1. The first-order valence-electron chi connectivity index (χ1n) is 5.91. The summed E-state index contributed by atoms with van der Waals surface area (Å²) < 4.78 is 2.10. The average molecular weight is 233 g/mol. The number of aliphatic hydroxyl groups excluding tert-OH is 1. The van der Waals surface area contributed by atoms with Crippen molar-refractivity contribution in [2.45, 2.75) is 39.0 Å². The number of aliphatic hydroxyl groups is 2. The molecular formula is C14H19NO2. The molecule has 0 aliphatic heterocycles. The van der Waals surface area contributed by atoms with Crippen LogP contribution in [0, 0.1) is 0 Å². The fraction of sp³-hybridized carbons (Fsp3) is 0.429. The average Bonchev–Trinajstić information content (AvgIpc) is 2.68. The van der Waals surface area contributed by atoms with Gasteiger partial charge in [-0.1, -0.05) is 18.2 Å². The van der Waals surface area contributed by atoms with Crippen molar-refractivity contribution < 1.29 is 10.2 Å². The van der Waals surface area contributed by atoms with Gasteiger partial charge in [-0.2, -0.15) is 0 Å². The van der Waals surface area contributed by atoms with Crippen LogP contribution < -0.4 is 0 Å². The van der Waals surface area contributed by atoms with Crippen molar-refractivity contribution in [2.24, 2.45) is 0 Å². The van der Waals surface area contributed by atoms with E-state index in [-0.39, 0.29) is 6.61 Å². The molecule has 0 atom stereocenters. The monoisotopic (exact) mass is 233 g/mol. The molecule has 0 saturated carbocycles. The van der Waals surface area contributed by atoms with Gasteiger partial charge >= 0.3 is 0 Å². The molecule has 1 aromatic carbocycles. The maximum Gasteiger partial charge on any atom is 0.0702 e. The van der Waals surface area contributed by atoms with Crippen molar-refractivity contribution in [3.8, 4) is 0 Å². The van der Waals surface area contributed by atoms with Gasteiger partial charge < -0.3 is 14.8 Å². The summed E-state index contributed by atoms with van der Waals surface area (Å²) >= 11 is 0. The molecule has 2 rings (SSSR count). The van der Waals surface area contributed by atoms with Gasteiger partial charge in [0.1, 0.15) is 0 Å². The molecule has 1 aromatic heterocycles. The third-order valence-electron chi connectivity index (χ3n) is 3.01.